The predicted molar refractivity (Wildman–Crippen MR) is 98.7 cm³/mol. The summed E-state index contributed by atoms with van der Waals surface area (Å²) in [7, 11) is 3.22. The van der Waals surface area contributed by atoms with Crippen molar-refractivity contribution in [2.24, 2.45) is 0 Å². The van der Waals surface area contributed by atoms with Gasteiger partial charge in [0, 0.05) is 17.8 Å². The van der Waals surface area contributed by atoms with Gasteiger partial charge in [-0.05, 0) is 52.7 Å². The number of amides is 1. The van der Waals surface area contributed by atoms with Crippen LogP contribution in [-0.4, -0.2) is 26.7 Å². The summed E-state index contributed by atoms with van der Waals surface area (Å²) in [6, 6.07) is 13.2. The number of methoxy groups -OCH3 is 2. The second-order valence-electron chi connectivity index (χ2n) is 5.28. The zero-order chi connectivity index (χ0) is 17.5. The Kier molecular flexibility index (Phi) is 6.63. The van der Waals surface area contributed by atoms with Crippen LogP contribution in [0.5, 0.6) is 11.5 Å². The second-order valence-corrected chi connectivity index (χ2v) is 6.13. The molecule has 0 aliphatic heterocycles. The van der Waals surface area contributed by atoms with Gasteiger partial charge in [-0.15, -0.1) is 0 Å². The van der Waals surface area contributed by atoms with E-state index in [0.717, 1.165) is 15.8 Å². The first-order valence-electron chi connectivity index (χ1n) is 7.54. The van der Waals surface area contributed by atoms with Gasteiger partial charge in [0.25, 0.3) is 0 Å². The van der Waals surface area contributed by atoms with Crippen molar-refractivity contribution in [3.05, 3.63) is 52.5 Å². The zero-order valence-corrected chi connectivity index (χ0v) is 15.5. The summed E-state index contributed by atoms with van der Waals surface area (Å²) in [5, 5.41) is 6.05. The molecule has 2 aromatic rings. The number of nitrogens with one attached hydrogen (secondary N) is 2. The van der Waals surface area contributed by atoms with E-state index < -0.39 is 0 Å². The van der Waals surface area contributed by atoms with Gasteiger partial charge in [-0.3, -0.25) is 4.79 Å². The summed E-state index contributed by atoms with van der Waals surface area (Å²) < 4.78 is 11.2. The Labute approximate surface area is 150 Å². The van der Waals surface area contributed by atoms with E-state index in [1.54, 1.807) is 20.3 Å². The maximum absolute atomic E-state index is 12.1. The van der Waals surface area contributed by atoms with E-state index in [1.165, 1.54) is 0 Å². The Bertz CT molecular complexity index is 706. The maximum Gasteiger partial charge on any atom is 0.238 e. The lowest BCUT2D eigenvalue weighted by Crippen LogP contribution is -2.30. The van der Waals surface area contributed by atoms with Crippen LogP contribution in [0.3, 0.4) is 0 Å². The molecule has 2 N–H and O–H groups in total. The summed E-state index contributed by atoms with van der Waals surface area (Å²) in [5.41, 5.74) is 1.78. The molecular formula is C18H21BrN2O3. The highest BCUT2D eigenvalue weighted by atomic mass is 79.9. The molecule has 0 bridgehead atoms. The van der Waals surface area contributed by atoms with Gasteiger partial charge in [-0.1, -0.05) is 12.1 Å². The monoisotopic (exact) mass is 392 g/mol. The lowest BCUT2D eigenvalue weighted by atomic mass is 10.1. The molecule has 1 amide bonds. The van der Waals surface area contributed by atoms with Crippen LogP contribution in [0.25, 0.3) is 0 Å². The van der Waals surface area contributed by atoms with E-state index in [-0.39, 0.29) is 18.5 Å². The highest BCUT2D eigenvalue weighted by Gasteiger charge is 2.10. The minimum atomic E-state index is -0.109. The van der Waals surface area contributed by atoms with Crippen LogP contribution in [0.4, 0.5) is 5.69 Å². The predicted octanol–water partition coefficient (Wildman–Crippen LogP) is 3.76. The van der Waals surface area contributed by atoms with Crippen molar-refractivity contribution in [2.45, 2.75) is 13.0 Å². The topological polar surface area (TPSA) is 59.6 Å². The van der Waals surface area contributed by atoms with Crippen LogP contribution in [0.2, 0.25) is 0 Å². The van der Waals surface area contributed by atoms with Gasteiger partial charge < -0.3 is 20.1 Å². The van der Waals surface area contributed by atoms with E-state index >= 15 is 0 Å². The fourth-order valence-corrected chi connectivity index (χ4v) is 2.78. The molecule has 6 heteroatoms. The van der Waals surface area contributed by atoms with Gasteiger partial charge in [0.05, 0.1) is 25.2 Å². The van der Waals surface area contributed by atoms with Gasteiger partial charge in [0.15, 0.2) is 0 Å². The molecule has 24 heavy (non-hydrogen) atoms. The van der Waals surface area contributed by atoms with Gasteiger partial charge >= 0.3 is 0 Å². The number of carbonyl (C=O) groups is 1. The molecule has 0 unspecified atom stereocenters. The van der Waals surface area contributed by atoms with Crippen molar-refractivity contribution in [3.63, 3.8) is 0 Å². The molecule has 128 valence electrons. The van der Waals surface area contributed by atoms with Crippen molar-refractivity contribution < 1.29 is 14.3 Å². The molecule has 0 heterocycles. The lowest BCUT2D eigenvalue weighted by molar-refractivity contribution is -0.115. The number of halogens is 1. The molecule has 0 fully saturated rings. The smallest absolute Gasteiger partial charge is 0.238 e. The molecule has 0 radical (unpaired) electrons. The molecule has 2 rings (SSSR count). The number of ether oxygens (including phenoxy) is 2. The number of carbonyl (C=O) groups excluding carboxylic acids is 1. The number of hydrogen-bond acceptors (Lipinski definition) is 4. The van der Waals surface area contributed by atoms with Crippen molar-refractivity contribution in [1.29, 1.82) is 0 Å². The van der Waals surface area contributed by atoms with Crippen molar-refractivity contribution in [1.82, 2.24) is 5.32 Å². The summed E-state index contributed by atoms with van der Waals surface area (Å²) >= 11 is 3.47. The number of anilines is 1. The second kappa shape index (κ2) is 8.70. The van der Waals surface area contributed by atoms with E-state index in [0.29, 0.717) is 11.4 Å². The molecule has 0 saturated carbocycles. The quantitative estimate of drug-likeness (QED) is 0.752. The highest BCUT2D eigenvalue weighted by molar-refractivity contribution is 9.10. The third-order valence-electron chi connectivity index (χ3n) is 3.60. The summed E-state index contributed by atoms with van der Waals surface area (Å²) in [5.74, 6) is 1.38. The molecule has 0 spiro atoms. The Morgan fingerprint density at radius 3 is 2.62 bits per heavy atom. The van der Waals surface area contributed by atoms with Gasteiger partial charge in [0.1, 0.15) is 11.5 Å². The number of rotatable bonds is 7. The van der Waals surface area contributed by atoms with Crippen molar-refractivity contribution >= 4 is 27.5 Å². The van der Waals surface area contributed by atoms with E-state index in [2.05, 4.69) is 26.6 Å². The van der Waals surface area contributed by atoms with E-state index in [1.807, 2.05) is 43.3 Å². The van der Waals surface area contributed by atoms with Crippen LogP contribution in [0.15, 0.2) is 46.9 Å². The average molecular weight is 393 g/mol. The minimum Gasteiger partial charge on any atom is -0.497 e. The van der Waals surface area contributed by atoms with Gasteiger partial charge in [-0.25, -0.2) is 0 Å². The standard InChI is InChI=1S/C18H21BrN2O3/c1-12(13-7-8-17(24-3)16(19)9-13)20-11-18(22)21-14-5-4-6-15(10-14)23-2/h4-10,12,20H,11H2,1-3H3,(H,21,22)/t12-/m1/s1. The molecule has 0 aliphatic rings. The Morgan fingerprint density at radius 1 is 1.17 bits per heavy atom. The van der Waals surface area contributed by atoms with Gasteiger partial charge in [0.2, 0.25) is 5.91 Å². The lowest BCUT2D eigenvalue weighted by Gasteiger charge is -2.15. The Morgan fingerprint density at radius 2 is 1.96 bits per heavy atom. The molecule has 1 atom stereocenters. The maximum atomic E-state index is 12.1. The third kappa shape index (κ3) is 4.97. The molecule has 0 aliphatic carbocycles. The molecule has 5 nitrogen and oxygen atoms in total. The van der Waals surface area contributed by atoms with Crippen LogP contribution < -0.4 is 20.1 Å². The summed E-state index contributed by atoms with van der Waals surface area (Å²) in [6.07, 6.45) is 0. The zero-order valence-electron chi connectivity index (χ0n) is 13.9. The normalized spacial score (nSPS) is 11.7. The number of hydrogen-bond donors (Lipinski definition) is 2. The van der Waals surface area contributed by atoms with Crippen LogP contribution >= 0.6 is 15.9 Å². The van der Waals surface area contributed by atoms with E-state index in [9.17, 15) is 4.79 Å². The Hall–Kier alpha value is -2.05. The molecule has 0 aromatic heterocycles. The fraction of sp³-hybridized carbons (Fsp3) is 0.278. The first kappa shape index (κ1) is 18.3. The van der Waals surface area contributed by atoms with Crippen molar-refractivity contribution in [2.75, 3.05) is 26.1 Å². The van der Waals surface area contributed by atoms with Crippen LogP contribution in [-0.2, 0) is 4.79 Å². The highest BCUT2D eigenvalue weighted by Crippen LogP contribution is 2.27. The van der Waals surface area contributed by atoms with Gasteiger partial charge in [-0.2, -0.15) is 0 Å². The first-order chi connectivity index (χ1) is 11.5. The largest absolute Gasteiger partial charge is 0.497 e. The summed E-state index contributed by atoms with van der Waals surface area (Å²) in [4.78, 5) is 12.1. The van der Waals surface area contributed by atoms with Crippen LogP contribution in [0, 0.1) is 0 Å². The molecule has 2 aromatic carbocycles. The SMILES string of the molecule is COc1cccc(NC(=O)CN[C@H](C)c2ccc(OC)c(Br)c2)c1. The summed E-state index contributed by atoms with van der Waals surface area (Å²) in [6.45, 7) is 2.22. The number of benzene rings is 2. The van der Waals surface area contributed by atoms with E-state index in [4.69, 9.17) is 9.47 Å². The van der Waals surface area contributed by atoms with Crippen molar-refractivity contribution in [3.8, 4) is 11.5 Å². The molecular weight excluding hydrogens is 372 g/mol. The minimum absolute atomic E-state index is 0.0308. The third-order valence-corrected chi connectivity index (χ3v) is 4.22. The Balaban J connectivity index is 1.89. The first-order valence-corrected chi connectivity index (χ1v) is 8.33. The average Bonchev–Trinajstić information content (AvgIpc) is 2.59. The molecule has 0 saturated heterocycles. The van der Waals surface area contributed by atoms with Crippen LogP contribution in [0.1, 0.15) is 18.5 Å². The fourth-order valence-electron chi connectivity index (χ4n) is 2.22.